The molecule has 0 aromatic heterocycles. The van der Waals surface area contributed by atoms with Crippen LogP contribution in [0.5, 0.6) is 0 Å². The Morgan fingerprint density at radius 2 is 1.28 bits per heavy atom. The summed E-state index contributed by atoms with van der Waals surface area (Å²) in [5, 5.41) is 130. The number of carboxylic acid groups (broad SMARTS) is 2. The Morgan fingerprint density at radius 1 is 0.641 bits per heavy atom. The summed E-state index contributed by atoms with van der Waals surface area (Å²) in [6, 6.07) is 0. The van der Waals surface area contributed by atoms with Gasteiger partial charge in [0.15, 0.2) is 31.3 Å². The van der Waals surface area contributed by atoms with E-state index < -0.39 is 170 Å². The number of ether oxygens (including phenoxy) is 9. The van der Waals surface area contributed by atoms with Gasteiger partial charge in [0.2, 0.25) is 0 Å². The lowest BCUT2D eigenvalue weighted by atomic mass is 9.33. The van der Waals surface area contributed by atoms with Crippen molar-refractivity contribution in [1.82, 2.24) is 0 Å². The standard InChI is InChI=1S/C54H84O24/c1-22-30(57)38(75-43-34(61)31(58)25(56)21-71-43)37(64)45(72-22)76-39-36(63)40(42(65)66)77-46(41(39)78-44-35(62)33(60)32(59)26(20-55)73-44)74-29-12-13-51(5)27(49(29,2)3)11-14-53(7)28(51)10-9-23-24-19-50(4,48(69)70-8)15-17-54(24,47(67)68)18-16-52(23,53)6/h9,22,24-41,43-46,55-64H,10-21H2,1-8H3,(H,65,66)(H,67,68)/t22-,24-,25+,26+,27-,28+,29-,30-,31-,32+,33-,34+,35+,36-,37+,38+,39-,40-,41+,43-,44-,45-,46+,50-,51-,52+,53+,54-/m0/s1. The first kappa shape index (κ1) is 60.0. The van der Waals surface area contributed by atoms with E-state index in [9.17, 15) is 75.7 Å². The number of aliphatic hydroxyl groups excluding tert-OH is 10. The van der Waals surface area contributed by atoms with Crippen LogP contribution < -0.4 is 0 Å². The van der Waals surface area contributed by atoms with Gasteiger partial charge >= 0.3 is 17.9 Å². The largest absolute Gasteiger partial charge is 0.481 e. The number of aliphatic hydroxyl groups is 10. The van der Waals surface area contributed by atoms with Crippen LogP contribution in [-0.2, 0) is 57.0 Å². The number of aliphatic carboxylic acids is 2. The summed E-state index contributed by atoms with van der Waals surface area (Å²) in [6.07, 6.45) is -27.3. The molecule has 4 aliphatic heterocycles. The second kappa shape index (κ2) is 21.6. The maximum Gasteiger partial charge on any atom is 0.335 e. The van der Waals surface area contributed by atoms with Crippen LogP contribution in [0.15, 0.2) is 11.6 Å². The summed E-state index contributed by atoms with van der Waals surface area (Å²) < 4.78 is 53.7. The van der Waals surface area contributed by atoms with Crippen molar-refractivity contribution in [2.75, 3.05) is 20.3 Å². The topological polar surface area (TPSA) is 377 Å². The fourth-order valence-corrected chi connectivity index (χ4v) is 16.5. The van der Waals surface area contributed by atoms with E-state index in [0.717, 1.165) is 18.4 Å². The molecule has 9 rings (SSSR count). The molecule has 9 aliphatic rings. The first-order valence-electron chi connectivity index (χ1n) is 27.6. The number of allylic oxidation sites excluding steroid dienone is 2. The molecule has 78 heavy (non-hydrogen) atoms. The molecule has 4 heterocycles. The highest BCUT2D eigenvalue weighted by molar-refractivity contribution is 5.80. The van der Waals surface area contributed by atoms with Gasteiger partial charge in [-0.25, -0.2) is 4.79 Å². The lowest BCUT2D eigenvalue weighted by Gasteiger charge is -2.71. The van der Waals surface area contributed by atoms with Gasteiger partial charge in [-0.15, -0.1) is 0 Å². The molecule has 0 unspecified atom stereocenters. The van der Waals surface area contributed by atoms with E-state index >= 15 is 0 Å². The van der Waals surface area contributed by atoms with Gasteiger partial charge < -0.3 is 104 Å². The number of carboxylic acids is 2. The number of hydrogen-bond donors (Lipinski definition) is 12. The third kappa shape index (κ3) is 9.49. The molecule has 0 spiro atoms. The third-order valence-electron chi connectivity index (χ3n) is 21.5. The number of hydrogen-bond acceptors (Lipinski definition) is 22. The van der Waals surface area contributed by atoms with Crippen LogP contribution in [0, 0.1) is 50.2 Å². The fraction of sp³-hybridized carbons (Fsp3) is 0.907. The molecular formula is C54H84O24. The van der Waals surface area contributed by atoms with Crippen molar-refractivity contribution in [2.24, 2.45) is 50.2 Å². The minimum absolute atomic E-state index is 0.0349. The highest BCUT2D eigenvalue weighted by atomic mass is 16.8. The lowest BCUT2D eigenvalue weighted by molar-refractivity contribution is -0.399. The summed E-state index contributed by atoms with van der Waals surface area (Å²) in [5.74, 6) is -3.12. The van der Waals surface area contributed by atoms with Gasteiger partial charge in [0.25, 0.3) is 0 Å². The van der Waals surface area contributed by atoms with Crippen LogP contribution in [0.25, 0.3) is 0 Å². The lowest BCUT2D eigenvalue weighted by Crippen LogP contribution is -2.69. The summed E-state index contributed by atoms with van der Waals surface area (Å²) in [5.41, 5.74) is -2.46. The second-order valence-electron chi connectivity index (χ2n) is 25.7. The smallest absolute Gasteiger partial charge is 0.335 e. The molecule has 4 saturated carbocycles. The van der Waals surface area contributed by atoms with E-state index in [1.165, 1.54) is 14.0 Å². The monoisotopic (exact) mass is 1120 g/mol. The predicted molar refractivity (Wildman–Crippen MR) is 263 cm³/mol. The van der Waals surface area contributed by atoms with Crippen LogP contribution in [0.4, 0.5) is 0 Å². The Kier molecular flexibility index (Phi) is 16.6. The van der Waals surface area contributed by atoms with E-state index in [2.05, 4.69) is 40.7 Å². The van der Waals surface area contributed by atoms with Crippen molar-refractivity contribution < 1.29 is 118 Å². The summed E-state index contributed by atoms with van der Waals surface area (Å²) in [7, 11) is 1.37. The van der Waals surface area contributed by atoms with Crippen molar-refractivity contribution in [3.63, 3.8) is 0 Å². The first-order chi connectivity index (χ1) is 36.5. The first-order valence-corrected chi connectivity index (χ1v) is 27.6. The molecule has 8 fully saturated rings. The molecule has 0 radical (unpaired) electrons. The van der Waals surface area contributed by atoms with E-state index in [4.69, 9.17) is 42.6 Å². The average Bonchev–Trinajstić information content (AvgIpc) is 3.55. The number of esters is 1. The van der Waals surface area contributed by atoms with Gasteiger partial charge in [-0.2, -0.15) is 0 Å². The van der Waals surface area contributed by atoms with Gasteiger partial charge in [-0.1, -0.05) is 46.3 Å². The van der Waals surface area contributed by atoms with E-state index in [1.54, 1.807) is 0 Å². The van der Waals surface area contributed by atoms with Crippen molar-refractivity contribution in [2.45, 2.75) is 235 Å². The highest BCUT2D eigenvalue weighted by Crippen LogP contribution is 2.76. The normalized spacial score (nSPS) is 53.1. The molecule has 5 aliphatic carbocycles. The zero-order valence-corrected chi connectivity index (χ0v) is 45.6. The summed E-state index contributed by atoms with van der Waals surface area (Å²) >= 11 is 0. The van der Waals surface area contributed by atoms with Crippen molar-refractivity contribution in [1.29, 1.82) is 0 Å². The Balaban J connectivity index is 1.02. The quantitative estimate of drug-likeness (QED) is 0.0662. The maximum absolute atomic E-state index is 13.4. The Hall–Kier alpha value is -2.57. The van der Waals surface area contributed by atoms with Gasteiger partial charge in [0, 0.05) is 0 Å². The molecular weight excluding hydrogens is 1030 g/mol. The number of methoxy groups -OCH3 is 1. The summed E-state index contributed by atoms with van der Waals surface area (Å²) in [4.78, 5) is 39.7. The molecule has 444 valence electrons. The SMILES string of the molecule is COC(=O)[C@@]1(C)CC[C@]2(C(=O)O)CC[C@]3(C)C(=CC[C@@H]4[C@@]5(C)CC[C@H](O[C@@H]6O[C@H](C(=O)O)[C@@H](O)[C@H](O[C@@H]7O[C@@H](C)[C@H](O)[C@@H](O[C@@H]8OC[C@@H](O)[C@H](O)[C@H]8O)[C@H]7O)[C@H]6O[C@@H]6O[C@H](CO)[C@@H](O)[C@H](O)[C@H]6O)C(C)(C)[C@@H]5CC[C@]43C)[C@@H]2C1. The zero-order chi connectivity index (χ0) is 57.1. The number of carbonyl (C=O) groups excluding carboxylic acids is 1. The van der Waals surface area contributed by atoms with Gasteiger partial charge in [0.1, 0.15) is 79.4 Å². The van der Waals surface area contributed by atoms with Crippen LogP contribution in [-0.4, -0.2) is 222 Å². The molecule has 0 aromatic carbocycles. The fourth-order valence-electron chi connectivity index (χ4n) is 16.5. The van der Waals surface area contributed by atoms with Gasteiger partial charge in [-0.3, -0.25) is 9.59 Å². The number of rotatable bonds is 12. The van der Waals surface area contributed by atoms with Crippen LogP contribution >= 0.6 is 0 Å². The third-order valence-corrected chi connectivity index (χ3v) is 21.5. The minimum atomic E-state index is -2.18. The number of fused-ring (bicyclic) bond motifs is 7. The van der Waals surface area contributed by atoms with E-state index in [0.29, 0.717) is 51.4 Å². The molecule has 24 nitrogen and oxygen atoms in total. The molecule has 12 N–H and O–H groups in total. The van der Waals surface area contributed by atoms with Crippen molar-refractivity contribution in [3.8, 4) is 0 Å². The molecule has 4 saturated heterocycles. The second-order valence-corrected chi connectivity index (χ2v) is 25.7. The maximum atomic E-state index is 13.4. The van der Waals surface area contributed by atoms with E-state index in [1.807, 2.05) is 6.92 Å². The minimum Gasteiger partial charge on any atom is -0.481 e. The Bertz CT molecular complexity index is 2250. The Morgan fingerprint density at radius 3 is 1.94 bits per heavy atom. The van der Waals surface area contributed by atoms with Gasteiger partial charge in [-0.05, 0) is 117 Å². The van der Waals surface area contributed by atoms with Gasteiger partial charge in [0.05, 0.1) is 43.4 Å². The summed E-state index contributed by atoms with van der Waals surface area (Å²) in [6.45, 7) is 13.0. The van der Waals surface area contributed by atoms with Crippen LogP contribution in [0.2, 0.25) is 0 Å². The van der Waals surface area contributed by atoms with Crippen molar-refractivity contribution in [3.05, 3.63) is 11.6 Å². The molecule has 0 bridgehead atoms. The zero-order valence-electron chi connectivity index (χ0n) is 45.6. The average molecular weight is 1120 g/mol. The van der Waals surface area contributed by atoms with Crippen molar-refractivity contribution >= 4 is 17.9 Å². The molecule has 28 atom stereocenters. The van der Waals surface area contributed by atoms with E-state index in [-0.39, 0.29) is 34.6 Å². The molecule has 24 heteroatoms. The highest BCUT2D eigenvalue weighted by Gasteiger charge is 2.71. The van der Waals surface area contributed by atoms with Crippen LogP contribution in [0.1, 0.15) is 113 Å². The predicted octanol–water partition coefficient (Wildman–Crippen LogP) is -0.557. The number of carbonyl (C=O) groups is 3. The molecule has 0 amide bonds. The molecule has 0 aromatic rings. The Labute approximate surface area is 452 Å². The van der Waals surface area contributed by atoms with Crippen LogP contribution in [0.3, 0.4) is 0 Å².